The van der Waals surface area contributed by atoms with Gasteiger partial charge in [-0.25, -0.2) is 8.42 Å². The van der Waals surface area contributed by atoms with Gasteiger partial charge in [-0.05, 0) is 37.1 Å². The van der Waals surface area contributed by atoms with Gasteiger partial charge in [-0.1, -0.05) is 22.9 Å². The van der Waals surface area contributed by atoms with Gasteiger partial charge in [-0.3, -0.25) is 4.79 Å². The lowest BCUT2D eigenvalue weighted by molar-refractivity contribution is -0.122. The highest BCUT2D eigenvalue weighted by molar-refractivity contribution is 7.91. The van der Waals surface area contributed by atoms with Crippen LogP contribution in [0.5, 0.6) is 11.5 Å². The minimum Gasteiger partial charge on any atom is -0.495 e. The van der Waals surface area contributed by atoms with E-state index in [9.17, 15) is 13.2 Å². The normalized spacial score (nSPS) is 18.2. The van der Waals surface area contributed by atoms with Gasteiger partial charge >= 0.3 is 0 Å². The predicted molar refractivity (Wildman–Crippen MR) is 125 cm³/mol. The predicted octanol–water partition coefficient (Wildman–Crippen LogP) is 3.50. The van der Waals surface area contributed by atoms with Gasteiger partial charge in [0.15, 0.2) is 4.80 Å². The van der Waals surface area contributed by atoms with Gasteiger partial charge in [-0.15, -0.1) is 11.3 Å². The molecule has 3 heterocycles. The Morgan fingerprint density at radius 2 is 1.88 bits per heavy atom. The van der Waals surface area contributed by atoms with Gasteiger partial charge in [0.1, 0.15) is 25.9 Å². The van der Waals surface area contributed by atoms with Crippen LogP contribution in [0.1, 0.15) is 12.8 Å². The molecule has 1 aliphatic heterocycles. The van der Waals surface area contributed by atoms with Crippen LogP contribution in [0, 0.1) is 5.92 Å². The molecule has 3 aromatic rings. The van der Waals surface area contributed by atoms with Crippen molar-refractivity contribution in [3.8, 4) is 11.5 Å². The number of fused-ring (bicyclic) bond motifs is 1. The van der Waals surface area contributed by atoms with Gasteiger partial charge in [0, 0.05) is 20.1 Å². The Morgan fingerprint density at radius 1 is 1.16 bits per heavy atom. The van der Waals surface area contributed by atoms with Gasteiger partial charge < -0.3 is 14.0 Å². The molecule has 32 heavy (non-hydrogen) atoms. The average molecular weight is 516 g/mol. The Kier molecular flexibility index (Phi) is 6.64. The summed E-state index contributed by atoms with van der Waals surface area (Å²) in [5, 5.41) is 0. The Morgan fingerprint density at radius 3 is 2.53 bits per heavy atom. The van der Waals surface area contributed by atoms with Gasteiger partial charge in [0.05, 0.1) is 24.5 Å². The maximum atomic E-state index is 13.0. The zero-order valence-corrected chi connectivity index (χ0v) is 20.9. The first-order valence-electron chi connectivity index (χ1n) is 9.81. The van der Waals surface area contributed by atoms with Crippen molar-refractivity contribution in [2.24, 2.45) is 18.0 Å². The highest BCUT2D eigenvalue weighted by atomic mass is 35.5. The van der Waals surface area contributed by atoms with Crippen LogP contribution in [0.3, 0.4) is 0 Å². The highest BCUT2D eigenvalue weighted by Gasteiger charge is 2.34. The molecule has 0 bridgehead atoms. The molecule has 1 unspecified atom stereocenters. The van der Waals surface area contributed by atoms with E-state index >= 15 is 0 Å². The molecule has 1 saturated heterocycles. The van der Waals surface area contributed by atoms with E-state index in [1.165, 1.54) is 21.7 Å². The molecule has 0 saturated carbocycles. The number of rotatable bonds is 5. The highest BCUT2D eigenvalue weighted by Crippen LogP contribution is 2.35. The molecule has 1 amide bonds. The van der Waals surface area contributed by atoms with Crippen molar-refractivity contribution in [3.63, 3.8) is 0 Å². The van der Waals surface area contributed by atoms with Crippen LogP contribution in [0.2, 0.25) is 4.34 Å². The van der Waals surface area contributed by atoms with Crippen LogP contribution in [-0.2, 0) is 21.9 Å². The Balaban J connectivity index is 1.65. The van der Waals surface area contributed by atoms with E-state index in [-0.39, 0.29) is 16.7 Å². The molecule has 1 fully saturated rings. The largest absolute Gasteiger partial charge is 0.495 e. The lowest BCUT2D eigenvalue weighted by Crippen LogP contribution is -2.42. The van der Waals surface area contributed by atoms with Crippen molar-refractivity contribution in [1.29, 1.82) is 0 Å². The maximum absolute atomic E-state index is 13.0. The fourth-order valence-electron chi connectivity index (χ4n) is 3.74. The summed E-state index contributed by atoms with van der Waals surface area (Å²) < 4.78 is 41.4. The second-order valence-electron chi connectivity index (χ2n) is 7.30. The molecule has 0 aliphatic carbocycles. The van der Waals surface area contributed by atoms with Crippen LogP contribution in [0.15, 0.2) is 33.5 Å². The molecule has 1 aliphatic rings. The molecule has 0 radical (unpaired) electrons. The van der Waals surface area contributed by atoms with E-state index in [1.54, 1.807) is 30.9 Å². The van der Waals surface area contributed by atoms with Crippen molar-refractivity contribution in [3.05, 3.63) is 33.4 Å². The number of hydrogen-bond acceptors (Lipinski definition) is 7. The summed E-state index contributed by atoms with van der Waals surface area (Å²) in [4.78, 5) is 17.9. The number of carbonyl (C=O) groups is 1. The number of carbonyl (C=O) groups excluding carboxylic acids is 1. The SMILES string of the molecule is COc1ccc(OC)c2c1sc(=NC(=O)C1CCCN(S(=O)(=O)c3ccc(Cl)s3)C1)n2C. The number of nitrogens with zero attached hydrogens (tertiary/aromatic N) is 3. The van der Waals surface area contributed by atoms with Crippen LogP contribution in [0.25, 0.3) is 10.2 Å². The molecule has 12 heteroatoms. The van der Waals surface area contributed by atoms with Crippen molar-refractivity contribution in [2.45, 2.75) is 17.1 Å². The number of hydrogen-bond donors (Lipinski definition) is 0. The van der Waals surface area contributed by atoms with Crippen LogP contribution in [0.4, 0.5) is 0 Å². The van der Waals surface area contributed by atoms with Crippen molar-refractivity contribution in [1.82, 2.24) is 8.87 Å². The second-order valence-corrected chi connectivity index (χ2v) is 12.2. The van der Waals surface area contributed by atoms with E-state index in [0.717, 1.165) is 21.6 Å². The average Bonchev–Trinajstić information content (AvgIpc) is 3.37. The number of aromatic nitrogens is 1. The molecular weight excluding hydrogens is 494 g/mol. The lowest BCUT2D eigenvalue weighted by Gasteiger charge is -2.29. The quantitative estimate of drug-likeness (QED) is 0.518. The van der Waals surface area contributed by atoms with Gasteiger partial charge in [0.2, 0.25) is 0 Å². The molecule has 1 atom stereocenters. The maximum Gasteiger partial charge on any atom is 0.252 e. The molecule has 0 N–H and O–H groups in total. The number of aryl methyl sites for hydroxylation is 1. The summed E-state index contributed by atoms with van der Waals surface area (Å²) in [6, 6.07) is 6.67. The summed E-state index contributed by atoms with van der Waals surface area (Å²) in [5.74, 6) is 0.468. The zero-order valence-electron chi connectivity index (χ0n) is 17.7. The monoisotopic (exact) mass is 515 g/mol. The molecular formula is C20H22ClN3O5S3. The third kappa shape index (κ3) is 4.19. The summed E-state index contributed by atoms with van der Waals surface area (Å²) in [6.07, 6.45) is 1.17. The Hall–Kier alpha value is -1.92. The topological polar surface area (TPSA) is 90.2 Å². The van der Waals surface area contributed by atoms with E-state index < -0.39 is 15.9 Å². The van der Waals surface area contributed by atoms with Gasteiger partial charge in [0.25, 0.3) is 15.9 Å². The van der Waals surface area contributed by atoms with Crippen molar-refractivity contribution < 1.29 is 22.7 Å². The summed E-state index contributed by atoms with van der Waals surface area (Å²) in [5.41, 5.74) is 0.783. The van der Waals surface area contributed by atoms with E-state index in [4.69, 9.17) is 21.1 Å². The first-order valence-corrected chi connectivity index (χ1v) is 13.3. The fourth-order valence-corrected chi connectivity index (χ4v) is 8.03. The standard InChI is InChI=1S/C20H22ClN3O5S3/c1-23-17-13(28-2)6-7-14(29-3)18(17)31-20(23)22-19(25)12-5-4-10-24(11-12)32(26,27)16-9-8-15(21)30-16/h6-9,12H,4-5,10-11H2,1-3H3. The molecule has 172 valence electrons. The minimum atomic E-state index is -3.69. The number of piperidine rings is 1. The summed E-state index contributed by atoms with van der Waals surface area (Å²) >= 11 is 8.26. The third-order valence-corrected chi connectivity index (χ3v) is 10.1. The summed E-state index contributed by atoms with van der Waals surface area (Å²) in [7, 11) is 1.29. The molecule has 1 aromatic carbocycles. The van der Waals surface area contributed by atoms with Crippen LogP contribution >= 0.6 is 34.3 Å². The zero-order chi connectivity index (χ0) is 23.0. The minimum absolute atomic E-state index is 0.0986. The Labute approximate surface area is 198 Å². The van der Waals surface area contributed by atoms with E-state index in [0.29, 0.717) is 40.0 Å². The van der Waals surface area contributed by atoms with Crippen LogP contribution < -0.4 is 14.3 Å². The number of halogens is 1. The first-order chi connectivity index (χ1) is 15.3. The Bertz CT molecular complexity index is 1340. The van der Waals surface area contributed by atoms with Gasteiger partial charge in [-0.2, -0.15) is 9.30 Å². The number of methoxy groups -OCH3 is 2. The number of ether oxygens (including phenoxy) is 2. The molecule has 0 spiro atoms. The fraction of sp³-hybridized carbons (Fsp3) is 0.400. The second kappa shape index (κ2) is 9.14. The first kappa shape index (κ1) is 23.2. The van der Waals surface area contributed by atoms with Crippen molar-refractivity contribution >= 4 is 60.4 Å². The summed E-state index contributed by atoms with van der Waals surface area (Å²) in [6.45, 7) is 0.466. The van der Waals surface area contributed by atoms with E-state index in [1.807, 2.05) is 13.1 Å². The molecule has 2 aromatic heterocycles. The smallest absolute Gasteiger partial charge is 0.252 e. The third-order valence-electron chi connectivity index (χ3n) is 5.40. The number of amides is 1. The number of sulfonamides is 1. The van der Waals surface area contributed by atoms with E-state index in [2.05, 4.69) is 4.99 Å². The number of thiophene rings is 1. The van der Waals surface area contributed by atoms with Crippen LogP contribution in [-0.4, -0.2) is 50.5 Å². The lowest BCUT2D eigenvalue weighted by atomic mass is 9.99. The molecule has 4 rings (SSSR count). The van der Waals surface area contributed by atoms with Crippen molar-refractivity contribution in [2.75, 3.05) is 27.3 Å². The number of benzene rings is 1. The number of thiazole rings is 1. The molecule has 8 nitrogen and oxygen atoms in total.